The van der Waals surface area contributed by atoms with Crippen molar-refractivity contribution in [3.63, 3.8) is 0 Å². The molecule has 4 aromatic rings. The van der Waals surface area contributed by atoms with Gasteiger partial charge in [0.2, 0.25) is 0 Å². The Labute approximate surface area is 266 Å². The van der Waals surface area contributed by atoms with Crippen molar-refractivity contribution < 1.29 is 23.8 Å². The summed E-state index contributed by atoms with van der Waals surface area (Å²) in [7, 11) is 0. The minimum Gasteiger partial charge on any atom is -0.490 e. The van der Waals surface area contributed by atoms with Gasteiger partial charge in [-0.05, 0) is 30.2 Å². The van der Waals surface area contributed by atoms with Crippen molar-refractivity contribution in [1.29, 1.82) is 0 Å². The third-order valence-corrected chi connectivity index (χ3v) is 8.06. The molecular formula is C32H39N9O5. The number of fused-ring (bicyclic) bond motifs is 1. The molecule has 2 amide bonds. The Bertz CT molecular complexity index is 1700. The average Bonchev–Trinajstić information content (AvgIpc) is 3.47. The fraction of sp³-hybridized carbons (Fsp3) is 0.406. The Kier molecular flexibility index (Phi) is 9.57. The molecule has 2 saturated heterocycles. The predicted octanol–water partition coefficient (Wildman–Crippen LogP) is 3.25. The number of carbonyl (C=O) groups is 2. The lowest BCUT2D eigenvalue weighted by molar-refractivity contribution is 0.0323. The van der Waals surface area contributed by atoms with Crippen molar-refractivity contribution >= 4 is 40.2 Å². The van der Waals surface area contributed by atoms with Crippen molar-refractivity contribution in [3.05, 3.63) is 65.9 Å². The number of rotatable bonds is 10. The maximum absolute atomic E-state index is 13.7. The number of nitrogen functional groups attached to an aromatic ring is 1. The van der Waals surface area contributed by atoms with Crippen LogP contribution >= 0.6 is 0 Å². The second-order valence-electron chi connectivity index (χ2n) is 11.5. The van der Waals surface area contributed by atoms with Gasteiger partial charge in [0.15, 0.2) is 11.6 Å². The largest absolute Gasteiger partial charge is 0.490 e. The van der Waals surface area contributed by atoms with Crippen LogP contribution < -0.4 is 26.0 Å². The van der Waals surface area contributed by atoms with Gasteiger partial charge in [-0.15, -0.1) is 0 Å². The number of hydrogen-bond donors (Lipinski definition) is 3. The molecule has 2 aliphatic heterocycles. The number of ketones is 1. The van der Waals surface area contributed by atoms with Gasteiger partial charge < -0.3 is 35.5 Å². The first kappa shape index (κ1) is 31.2. The first-order chi connectivity index (χ1) is 22.4. The molecule has 2 fully saturated rings. The maximum Gasteiger partial charge on any atom is 0.323 e. The molecule has 0 saturated carbocycles. The Balaban J connectivity index is 1.18. The van der Waals surface area contributed by atoms with Crippen LogP contribution in [-0.2, 0) is 9.47 Å². The van der Waals surface area contributed by atoms with Gasteiger partial charge in [-0.3, -0.25) is 14.7 Å². The molecule has 0 atom stereocenters. The number of aromatic nitrogens is 4. The minimum atomic E-state index is -0.502. The molecular weight excluding hydrogens is 590 g/mol. The van der Waals surface area contributed by atoms with Crippen molar-refractivity contribution in [2.75, 3.05) is 87.0 Å². The van der Waals surface area contributed by atoms with Crippen molar-refractivity contribution in [2.45, 2.75) is 19.8 Å². The number of nitrogens with one attached hydrogen (secondary N) is 2. The summed E-state index contributed by atoms with van der Waals surface area (Å²) >= 11 is 0. The second kappa shape index (κ2) is 14.1. The van der Waals surface area contributed by atoms with Crippen molar-refractivity contribution in [3.8, 4) is 5.75 Å². The summed E-state index contributed by atoms with van der Waals surface area (Å²) in [6, 6.07) is 8.60. The molecule has 14 heteroatoms. The standard InChI is InChI=1S/C32H39N9O5/c1-21(2)27-17-25(29-31(33)35-20-36-41(27)29)30(42)22-15-23(19-34-18-22)37-32(43)38-26-4-3-24(40-8-12-45-13-9-40)16-28(26)46-14-7-39-5-10-44-11-6-39/h3-4,15-21H,5-14H2,1-2H3,(H2,33,35,36)(H2,37,38,43). The number of ether oxygens (including phenoxy) is 3. The number of amides is 2. The fourth-order valence-electron chi connectivity index (χ4n) is 5.61. The molecule has 6 rings (SSSR count). The third kappa shape index (κ3) is 7.03. The van der Waals surface area contributed by atoms with E-state index in [9.17, 15) is 9.59 Å². The number of carbonyl (C=O) groups excluding carboxylic acids is 2. The van der Waals surface area contributed by atoms with Crippen LogP contribution in [-0.4, -0.2) is 102 Å². The molecule has 5 heterocycles. The second-order valence-corrected chi connectivity index (χ2v) is 11.5. The van der Waals surface area contributed by atoms with E-state index in [1.165, 1.54) is 18.7 Å². The van der Waals surface area contributed by atoms with Gasteiger partial charge in [-0.1, -0.05) is 13.8 Å². The Morgan fingerprint density at radius 2 is 1.76 bits per heavy atom. The summed E-state index contributed by atoms with van der Waals surface area (Å²) < 4.78 is 18.8. The van der Waals surface area contributed by atoms with E-state index in [1.807, 2.05) is 32.0 Å². The maximum atomic E-state index is 13.7. The average molecular weight is 630 g/mol. The zero-order valence-corrected chi connectivity index (χ0v) is 26.1. The number of morpholine rings is 2. The number of nitrogens with zero attached hydrogens (tertiary/aromatic N) is 6. The number of urea groups is 1. The van der Waals surface area contributed by atoms with E-state index >= 15 is 0 Å². The van der Waals surface area contributed by atoms with E-state index in [2.05, 4.69) is 35.5 Å². The number of nitrogens with two attached hydrogens (primary N) is 1. The smallest absolute Gasteiger partial charge is 0.323 e. The van der Waals surface area contributed by atoms with Crippen molar-refractivity contribution in [2.24, 2.45) is 0 Å². The highest BCUT2D eigenvalue weighted by Crippen LogP contribution is 2.31. The number of pyridine rings is 1. The predicted molar refractivity (Wildman–Crippen MR) is 174 cm³/mol. The minimum absolute atomic E-state index is 0.0920. The summed E-state index contributed by atoms with van der Waals surface area (Å²) in [6.45, 7) is 11.2. The molecule has 46 heavy (non-hydrogen) atoms. The van der Waals surface area contributed by atoms with E-state index in [0.717, 1.165) is 44.1 Å². The highest BCUT2D eigenvalue weighted by atomic mass is 16.5. The topological polar surface area (TPSA) is 161 Å². The number of hydrogen-bond acceptors (Lipinski definition) is 11. The molecule has 14 nitrogen and oxygen atoms in total. The van der Waals surface area contributed by atoms with Gasteiger partial charge in [-0.2, -0.15) is 5.10 Å². The summed E-state index contributed by atoms with van der Waals surface area (Å²) in [6.07, 6.45) is 4.30. The van der Waals surface area contributed by atoms with Gasteiger partial charge >= 0.3 is 6.03 Å². The van der Waals surface area contributed by atoms with Crippen LogP contribution in [0.25, 0.3) is 5.52 Å². The van der Waals surface area contributed by atoms with E-state index in [0.29, 0.717) is 61.2 Å². The molecule has 2 aliphatic rings. The lowest BCUT2D eigenvalue weighted by atomic mass is 10.0. The molecule has 0 aliphatic carbocycles. The highest BCUT2D eigenvalue weighted by Gasteiger charge is 2.23. The van der Waals surface area contributed by atoms with Crippen LogP contribution in [0.15, 0.2) is 49.1 Å². The van der Waals surface area contributed by atoms with Crippen LogP contribution in [0.4, 0.5) is 27.7 Å². The Morgan fingerprint density at radius 3 is 2.52 bits per heavy atom. The molecule has 4 N–H and O–H groups in total. The van der Waals surface area contributed by atoms with E-state index in [1.54, 1.807) is 16.6 Å². The van der Waals surface area contributed by atoms with Crippen LogP contribution in [0.3, 0.4) is 0 Å². The number of anilines is 4. The van der Waals surface area contributed by atoms with E-state index < -0.39 is 6.03 Å². The Hall–Kier alpha value is -4.79. The molecule has 1 aromatic carbocycles. The highest BCUT2D eigenvalue weighted by molar-refractivity contribution is 6.15. The van der Waals surface area contributed by atoms with Crippen LogP contribution in [0.1, 0.15) is 41.4 Å². The van der Waals surface area contributed by atoms with Gasteiger partial charge in [0.05, 0.1) is 49.6 Å². The summed E-state index contributed by atoms with van der Waals surface area (Å²) in [5, 5.41) is 10.0. The molecule has 0 unspecified atom stereocenters. The molecule has 0 radical (unpaired) electrons. The van der Waals surface area contributed by atoms with Gasteiger partial charge in [-0.25, -0.2) is 14.3 Å². The summed E-state index contributed by atoms with van der Waals surface area (Å²) in [5.41, 5.74) is 9.94. The Morgan fingerprint density at radius 1 is 1.00 bits per heavy atom. The lowest BCUT2D eigenvalue weighted by Gasteiger charge is -2.30. The van der Waals surface area contributed by atoms with Gasteiger partial charge in [0.25, 0.3) is 0 Å². The quantitative estimate of drug-likeness (QED) is 0.221. The molecule has 0 bridgehead atoms. The third-order valence-electron chi connectivity index (χ3n) is 8.06. The molecule has 3 aromatic heterocycles. The molecule has 0 spiro atoms. The fourth-order valence-corrected chi connectivity index (χ4v) is 5.61. The molecule has 242 valence electrons. The van der Waals surface area contributed by atoms with Crippen LogP contribution in [0.2, 0.25) is 0 Å². The SMILES string of the molecule is CC(C)c1cc(C(=O)c2cncc(NC(=O)Nc3ccc(N4CCOCC4)cc3OCCN3CCOCC3)c2)c2c(N)ncnn12. The monoisotopic (exact) mass is 629 g/mol. The summed E-state index contributed by atoms with van der Waals surface area (Å²) in [4.78, 5) is 39.7. The van der Waals surface area contributed by atoms with Gasteiger partial charge in [0, 0.05) is 61.9 Å². The zero-order valence-electron chi connectivity index (χ0n) is 26.1. The van der Waals surface area contributed by atoms with E-state index in [4.69, 9.17) is 19.9 Å². The van der Waals surface area contributed by atoms with E-state index in [-0.39, 0.29) is 23.1 Å². The van der Waals surface area contributed by atoms with Crippen molar-refractivity contribution in [1.82, 2.24) is 24.5 Å². The first-order valence-electron chi connectivity index (χ1n) is 15.5. The van der Waals surface area contributed by atoms with Crippen LogP contribution in [0.5, 0.6) is 5.75 Å². The zero-order chi connectivity index (χ0) is 32.0. The normalized spacial score (nSPS) is 15.7. The van der Waals surface area contributed by atoms with Gasteiger partial charge in [0.1, 0.15) is 24.2 Å². The summed E-state index contributed by atoms with van der Waals surface area (Å²) in [5.74, 6) is 0.553. The van der Waals surface area contributed by atoms with Crippen LogP contribution in [0, 0.1) is 0 Å². The lowest BCUT2D eigenvalue weighted by Crippen LogP contribution is -2.38. The number of benzene rings is 1. The first-order valence-corrected chi connectivity index (χ1v) is 15.5.